The van der Waals surface area contributed by atoms with Crippen molar-refractivity contribution in [1.29, 1.82) is 0 Å². The highest BCUT2D eigenvalue weighted by Gasteiger charge is 2.17. The van der Waals surface area contributed by atoms with Crippen LogP contribution in [-0.4, -0.2) is 17.0 Å². The standard InChI is InChI=1S/C6H9IO2/c1-6(2,9)5(3-7)4-8/h3-4,9H,1-2H3/b5-3+. The molecule has 0 radical (unpaired) electrons. The van der Waals surface area contributed by atoms with Gasteiger partial charge in [-0.1, -0.05) is 22.6 Å². The maximum Gasteiger partial charge on any atom is 0.149 e. The lowest BCUT2D eigenvalue weighted by Gasteiger charge is -2.15. The number of aldehydes is 1. The van der Waals surface area contributed by atoms with Crippen molar-refractivity contribution in [2.45, 2.75) is 19.4 Å². The zero-order chi connectivity index (χ0) is 7.49. The van der Waals surface area contributed by atoms with Crippen LogP contribution in [0.4, 0.5) is 0 Å². The van der Waals surface area contributed by atoms with E-state index in [1.807, 2.05) is 22.6 Å². The molecule has 0 saturated carbocycles. The van der Waals surface area contributed by atoms with Crippen molar-refractivity contribution in [3.63, 3.8) is 0 Å². The van der Waals surface area contributed by atoms with Crippen LogP contribution in [0.5, 0.6) is 0 Å². The molecule has 0 aliphatic carbocycles. The van der Waals surface area contributed by atoms with Gasteiger partial charge in [0.2, 0.25) is 0 Å². The Morgan fingerprint density at radius 1 is 1.67 bits per heavy atom. The third-order valence-corrected chi connectivity index (χ3v) is 1.62. The highest BCUT2D eigenvalue weighted by molar-refractivity contribution is 14.1. The molecule has 0 amide bonds. The first kappa shape index (κ1) is 9.10. The number of hydrogen-bond donors (Lipinski definition) is 1. The molecule has 52 valence electrons. The SMILES string of the molecule is CC(C)(O)/C(C=O)=C/I. The number of hydrogen-bond acceptors (Lipinski definition) is 2. The van der Waals surface area contributed by atoms with Crippen LogP contribution in [0.25, 0.3) is 0 Å². The molecule has 1 N–H and O–H groups in total. The van der Waals surface area contributed by atoms with E-state index < -0.39 is 5.60 Å². The molecule has 0 aromatic heterocycles. The smallest absolute Gasteiger partial charge is 0.149 e. The summed E-state index contributed by atoms with van der Waals surface area (Å²) in [7, 11) is 0. The summed E-state index contributed by atoms with van der Waals surface area (Å²) in [5, 5.41) is 9.17. The van der Waals surface area contributed by atoms with Crippen LogP contribution in [0.3, 0.4) is 0 Å². The molecular weight excluding hydrogens is 231 g/mol. The Labute approximate surface area is 68.1 Å². The van der Waals surface area contributed by atoms with Gasteiger partial charge >= 0.3 is 0 Å². The van der Waals surface area contributed by atoms with Crippen molar-refractivity contribution < 1.29 is 9.90 Å². The largest absolute Gasteiger partial charge is 0.386 e. The summed E-state index contributed by atoms with van der Waals surface area (Å²) in [5.74, 6) is 0. The Morgan fingerprint density at radius 3 is 2.11 bits per heavy atom. The molecule has 3 heteroatoms. The number of aliphatic hydroxyl groups is 1. The van der Waals surface area contributed by atoms with Crippen molar-refractivity contribution in [1.82, 2.24) is 0 Å². The summed E-state index contributed by atoms with van der Waals surface area (Å²) in [5.41, 5.74) is -0.591. The first-order valence-electron chi connectivity index (χ1n) is 2.50. The van der Waals surface area contributed by atoms with Crippen LogP contribution in [-0.2, 0) is 4.79 Å². The van der Waals surface area contributed by atoms with Gasteiger partial charge in [-0.15, -0.1) is 0 Å². The monoisotopic (exact) mass is 240 g/mol. The molecule has 0 aliphatic heterocycles. The Kier molecular flexibility index (Phi) is 3.35. The number of rotatable bonds is 2. The van der Waals surface area contributed by atoms with Gasteiger partial charge in [0, 0.05) is 5.57 Å². The third-order valence-electron chi connectivity index (χ3n) is 0.951. The summed E-state index contributed by atoms with van der Waals surface area (Å²) in [6.45, 7) is 3.15. The number of carbonyl (C=O) groups excluding carboxylic acids is 1. The summed E-state index contributed by atoms with van der Waals surface area (Å²) in [6, 6.07) is 0. The number of halogens is 1. The summed E-state index contributed by atoms with van der Waals surface area (Å²) in [4.78, 5) is 10.1. The molecule has 0 aromatic rings. The predicted molar refractivity (Wildman–Crippen MR) is 44.5 cm³/mol. The van der Waals surface area contributed by atoms with Gasteiger partial charge in [0.25, 0.3) is 0 Å². The average molecular weight is 240 g/mol. The molecule has 0 saturated heterocycles. The third kappa shape index (κ3) is 2.95. The molecule has 0 spiro atoms. The highest BCUT2D eigenvalue weighted by atomic mass is 127. The minimum atomic E-state index is -0.997. The van der Waals surface area contributed by atoms with E-state index in [2.05, 4.69) is 0 Å². The zero-order valence-electron chi connectivity index (χ0n) is 5.39. The second-order valence-corrected chi connectivity index (χ2v) is 2.86. The first-order valence-corrected chi connectivity index (χ1v) is 3.75. The van der Waals surface area contributed by atoms with E-state index in [1.165, 1.54) is 0 Å². The minimum Gasteiger partial charge on any atom is -0.386 e. The lowest BCUT2D eigenvalue weighted by Crippen LogP contribution is -2.22. The molecule has 2 nitrogen and oxygen atoms in total. The Bertz CT molecular complexity index is 132. The van der Waals surface area contributed by atoms with Crippen LogP contribution < -0.4 is 0 Å². The van der Waals surface area contributed by atoms with Crippen LogP contribution in [0.15, 0.2) is 9.66 Å². The molecule has 0 aromatic carbocycles. The molecule has 0 rings (SSSR count). The predicted octanol–water partition coefficient (Wildman–Crippen LogP) is 1.28. The van der Waals surface area contributed by atoms with Gasteiger partial charge in [-0.05, 0) is 17.9 Å². The first-order chi connectivity index (χ1) is 4.02. The fourth-order valence-corrected chi connectivity index (χ4v) is 1.21. The van der Waals surface area contributed by atoms with Crippen molar-refractivity contribution in [3.05, 3.63) is 9.66 Å². The van der Waals surface area contributed by atoms with E-state index in [0.717, 1.165) is 0 Å². The van der Waals surface area contributed by atoms with E-state index in [1.54, 1.807) is 17.9 Å². The quantitative estimate of drug-likeness (QED) is 0.448. The molecule has 0 aliphatic rings. The van der Waals surface area contributed by atoms with Gasteiger partial charge in [-0.25, -0.2) is 0 Å². The normalized spacial score (nSPS) is 13.6. The Morgan fingerprint density at radius 2 is 2.11 bits per heavy atom. The van der Waals surface area contributed by atoms with Crippen LogP contribution >= 0.6 is 22.6 Å². The Balaban J connectivity index is 4.32. The van der Waals surface area contributed by atoms with E-state index >= 15 is 0 Å². The maximum absolute atomic E-state index is 10.1. The van der Waals surface area contributed by atoms with Crippen LogP contribution in [0.1, 0.15) is 13.8 Å². The van der Waals surface area contributed by atoms with Crippen LogP contribution in [0, 0.1) is 0 Å². The van der Waals surface area contributed by atoms with Crippen molar-refractivity contribution in [2.75, 3.05) is 0 Å². The van der Waals surface area contributed by atoms with Gasteiger partial charge in [0.05, 0.1) is 5.60 Å². The molecule has 0 heterocycles. The lowest BCUT2D eigenvalue weighted by molar-refractivity contribution is -0.106. The average Bonchev–Trinajstić information content (AvgIpc) is 1.65. The topological polar surface area (TPSA) is 37.3 Å². The molecule has 9 heavy (non-hydrogen) atoms. The zero-order valence-corrected chi connectivity index (χ0v) is 7.55. The van der Waals surface area contributed by atoms with Gasteiger partial charge in [0.15, 0.2) is 0 Å². The lowest BCUT2D eigenvalue weighted by atomic mass is 10.0. The Hall–Kier alpha value is 0.100. The van der Waals surface area contributed by atoms with Gasteiger partial charge in [-0.2, -0.15) is 0 Å². The van der Waals surface area contributed by atoms with Gasteiger partial charge < -0.3 is 5.11 Å². The summed E-state index contributed by atoms with van der Waals surface area (Å²) in [6.07, 6.45) is 0.659. The van der Waals surface area contributed by atoms with E-state index in [0.29, 0.717) is 11.9 Å². The maximum atomic E-state index is 10.1. The fourth-order valence-electron chi connectivity index (χ4n) is 0.303. The van der Waals surface area contributed by atoms with Crippen molar-refractivity contribution in [2.24, 2.45) is 0 Å². The number of carbonyl (C=O) groups is 1. The van der Waals surface area contributed by atoms with Crippen molar-refractivity contribution in [3.8, 4) is 0 Å². The van der Waals surface area contributed by atoms with Crippen LogP contribution in [0.2, 0.25) is 0 Å². The van der Waals surface area contributed by atoms with Crippen molar-refractivity contribution >= 4 is 28.9 Å². The fraction of sp³-hybridized carbons (Fsp3) is 0.500. The molecule has 0 unspecified atom stereocenters. The molecule has 0 fully saturated rings. The molecular formula is C6H9IO2. The van der Waals surface area contributed by atoms with E-state index in [9.17, 15) is 9.90 Å². The second-order valence-electron chi connectivity index (χ2n) is 2.24. The minimum absolute atomic E-state index is 0.406. The molecule has 0 atom stereocenters. The molecule has 0 bridgehead atoms. The van der Waals surface area contributed by atoms with E-state index in [-0.39, 0.29) is 0 Å². The highest BCUT2D eigenvalue weighted by Crippen LogP contribution is 2.13. The summed E-state index contributed by atoms with van der Waals surface area (Å²) >= 11 is 1.92. The van der Waals surface area contributed by atoms with E-state index in [4.69, 9.17) is 0 Å². The van der Waals surface area contributed by atoms with Gasteiger partial charge in [-0.3, -0.25) is 4.79 Å². The van der Waals surface area contributed by atoms with Gasteiger partial charge in [0.1, 0.15) is 6.29 Å². The summed E-state index contributed by atoms with van der Waals surface area (Å²) < 4.78 is 1.57. The second kappa shape index (κ2) is 3.31.